The number of morpholine rings is 1. The maximum absolute atomic E-state index is 12.4. The maximum Gasteiger partial charge on any atom is 0.289 e. The van der Waals surface area contributed by atoms with Gasteiger partial charge in [-0.3, -0.25) is 9.59 Å². The van der Waals surface area contributed by atoms with Crippen LogP contribution in [0.25, 0.3) is 0 Å². The number of hydrogen-bond donors (Lipinski definition) is 1. The van der Waals surface area contributed by atoms with Gasteiger partial charge in [0.05, 0.1) is 25.4 Å². The Bertz CT molecular complexity index is 525. The van der Waals surface area contributed by atoms with Crippen LogP contribution in [-0.2, 0) is 9.53 Å². The topological polar surface area (TPSA) is 75.0 Å². The summed E-state index contributed by atoms with van der Waals surface area (Å²) in [5.41, 5.74) is 0. The van der Waals surface area contributed by atoms with Crippen molar-refractivity contribution in [3.8, 4) is 0 Å². The number of furan rings is 1. The van der Waals surface area contributed by atoms with Crippen LogP contribution in [0.4, 0.5) is 0 Å². The predicted octanol–water partition coefficient (Wildman–Crippen LogP) is 0.333. The lowest BCUT2D eigenvalue weighted by Crippen LogP contribution is -2.43. The Labute approximate surface area is 135 Å². The first kappa shape index (κ1) is 16.0. The van der Waals surface area contributed by atoms with Crippen LogP contribution in [0.5, 0.6) is 0 Å². The molecule has 2 amide bonds. The summed E-state index contributed by atoms with van der Waals surface area (Å²) in [7, 11) is 0. The zero-order valence-electron chi connectivity index (χ0n) is 13.2. The Hall–Kier alpha value is -1.86. The Morgan fingerprint density at radius 1 is 1.22 bits per heavy atom. The van der Waals surface area contributed by atoms with Gasteiger partial charge >= 0.3 is 0 Å². The van der Waals surface area contributed by atoms with Crippen LogP contribution in [0.2, 0.25) is 0 Å². The summed E-state index contributed by atoms with van der Waals surface area (Å²) >= 11 is 0. The second-order valence-electron chi connectivity index (χ2n) is 5.90. The highest BCUT2D eigenvalue weighted by Crippen LogP contribution is 2.12. The molecule has 2 saturated heterocycles. The number of ether oxygens (including phenoxy) is 1. The summed E-state index contributed by atoms with van der Waals surface area (Å²) in [5.74, 6) is 0.349. The largest absolute Gasteiger partial charge is 0.459 e. The number of rotatable bonds is 3. The third-order valence-electron chi connectivity index (χ3n) is 4.27. The second kappa shape index (κ2) is 7.61. The SMILES string of the molecule is O=C(C[C@H]1CNCCO1)N1CCCN(C(=O)c2ccco2)CC1. The molecule has 126 valence electrons. The van der Waals surface area contributed by atoms with Gasteiger partial charge in [0.25, 0.3) is 5.91 Å². The van der Waals surface area contributed by atoms with Crippen molar-refractivity contribution in [1.82, 2.24) is 15.1 Å². The van der Waals surface area contributed by atoms with Crippen molar-refractivity contribution in [2.75, 3.05) is 45.9 Å². The summed E-state index contributed by atoms with van der Waals surface area (Å²) in [6.45, 7) is 4.65. The highest BCUT2D eigenvalue weighted by molar-refractivity contribution is 5.91. The lowest BCUT2D eigenvalue weighted by atomic mass is 10.2. The molecule has 1 aromatic rings. The van der Waals surface area contributed by atoms with Crippen molar-refractivity contribution in [2.45, 2.75) is 18.9 Å². The Morgan fingerprint density at radius 2 is 2.04 bits per heavy atom. The molecule has 3 heterocycles. The van der Waals surface area contributed by atoms with Crippen LogP contribution in [-0.4, -0.2) is 73.6 Å². The first-order valence-electron chi connectivity index (χ1n) is 8.17. The maximum atomic E-state index is 12.4. The van der Waals surface area contributed by atoms with Crippen LogP contribution in [0.15, 0.2) is 22.8 Å². The van der Waals surface area contributed by atoms with E-state index in [9.17, 15) is 9.59 Å². The Balaban J connectivity index is 1.51. The van der Waals surface area contributed by atoms with Crippen molar-refractivity contribution in [3.05, 3.63) is 24.2 Å². The molecule has 1 aromatic heterocycles. The van der Waals surface area contributed by atoms with E-state index >= 15 is 0 Å². The van der Waals surface area contributed by atoms with Gasteiger partial charge in [-0.05, 0) is 18.6 Å². The second-order valence-corrected chi connectivity index (χ2v) is 5.90. The monoisotopic (exact) mass is 321 g/mol. The third-order valence-corrected chi connectivity index (χ3v) is 4.27. The number of amides is 2. The molecule has 1 atom stereocenters. The van der Waals surface area contributed by atoms with Crippen LogP contribution in [0.3, 0.4) is 0 Å². The minimum atomic E-state index is -0.107. The molecule has 3 rings (SSSR count). The van der Waals surface area contributed by atoms with E-state index in [-0.39, 0.29) is 17.9 Å². The molecule has 0 aliphatic carbocycles. The van der Waals surface area contributed by atoms with Gasteiger partial charge in [-0.1, -0.05) is 0 Å². The van der Waals surface area contributed by atoms with Crippen molar-refractivity contribution >= 4 is 11.8 Å². The number of nitrogens with zero attached hydrogens (tertiary/aromatic N) is 2. The minimum Gasteiger partial charge on any atom is -0.459 e. The quantitative estimate of drug-likeness (QED) is 0.868. The number of hydrogen-bond acceptors (Lipinski definition) is 5. The Kier molecular flexibility index (Phi) is 5.30. The van der Waals surface area contributed by atoms with Gasteiger partial charge < -0.3 is 24.3 Å². The van der Waals surface area contributed by atoms with E-state index in [0.717, 1.165) is 19.5 Å². The van der Waals surface area contributed by atoms with Crippen LogP contribution in [0.1, 0.15) is 23.4 Å². The van der Waals surface area contributed by atoms with Crippen LogP contribution >= 0.6 is 0 Å². The van der Waals surface area contributed by atoms with Crippen molar-refractivity contribution in [1.29, 1.82) is 0 Å². The standard InChI is InChI=1S/C16H23N3O4/c20-15(11-13-12-17-4-10-22-13)18-5-2-6-19(8-7-18)16(21)14-3-1-9-23-14/h1,3,9,13,17H,2,4-8,10-12H2/t13-/m0/s1. The summed E-state index contributed by atoms with van der Waals surface area (Å²) < 4.78 is 10.8. The predicted molar refractivity (Wildman–Crippen MR) is 83.0 cm³/mol. The molecule has 0 radical (unpaired) electrons. The van der Waals surface area contributed by atoms with Gasteiger partial charge in [0.15, 0.2) is 5.76 Å². The van der Waals surface area contributed by atoms with Crippen LogP contribution < -0.4 is 5.32 Å². The highest BCUT2D eigenvalue weighted by atomic mass is 16.5. The van der Waals surface area contributed by atoms with Gasteiger partial charge in [-0.2, -0.15) is 0 Å². The molecule has 1 N–H and O–H groups in total. The fraction of sp³-hybridized carbons (Fsp3) is 0.625. The third kappa shape index (κ3) is 4.11. The molecule has 2 aliphatic heterocycles. The van der Waals surface area contributed by atoms with E-state index in [1.54, 1.807) is 17.0 Å². The first-order chi connectivity index (χ1) is 11.2. The lowest BCUT2D eigenvalue weighted by Gasteiger charge is -2.27. The molecule has 2 fully saturated rings. The molecular formula is C16H23N3O4. The number of carbonyl (C=O) groups excluding carboxylic acids is 2. The van der Waals surface area contributed by atoms with E-state index in [1.165, 1.54) is 6.26 Å². The molecular weight excluding hydrogens is 298 g/mol. The minimum absolute atomic E-state index is 0.0413. The molecule has 0 aromatic carbocycles. The molecule has 2 aliphatic rings. The molecule has 23 heavy (non-hydrogen) atoms. The van der Waals surface area contributed by atoms with Crippen LogP contribution in [0, 0.1) is 0 Å². The zero-order valence-corrected chi connectivity index (χ0v) is 13.2. The average Bonchev–Trinajstić information content (AvgIpc) is 2.99. The lowest BCUT2D eigenvalue weighted by molar-refractivity contribution is -0.134. The summed E-state index contributed by atoms with van der Waals surface area (Å²) in [6, 6.07) is 3.38. The summed E-state index contributed by atoms with van der Waals surface area (Å²) in [5, 5.41) is 3.23. The smallest absolute Gasteiger partial charge is 0.289 e. The van der Waals surface area contributed by atoms with Gasteiger partial charge in [0, 0.05) is 39.3 Å². The zero-order chi connectivity index (χ0) is 16.1. The van der Waals surface area contributed by atoms with Gasteiger partial charge in [-0.15, -0.1) is 0 Å². The van der Waals surface area contributed by atoms with E-state index in [4.69, 9.17) is 9.15 Å². The van der Waals surface area contributed by atoms with Gasteiger partial charge in [-0.25, -0.2) is 0 Å². The fourth-order valence-electron chi connectivity index (χ4n) is 3.00. The van der Waals surface area contributed by atoms with E-state index in [2.05, 4.69) is 5.32 Å². The first-order valence-corrected chi connectivity index (χ1v) is 8.17. The van der Waals surface area contributed by atoms with E-state index in [1.807, 2.05) is 4.90 Å². The van der Waals surface area contributed by atoms with Gasteiger partial charge in [0.2, 0.25) is 5.91 Å². The Morgan fingerprint density at radius 3 is 2.78 bits per heavy atom. The van der Waals surface area contributed by atoms with E-state index in [0.29, 0.717) is 45.0 Å². The molecule has 0 bridgehead atoms. The number of nitrogens with one attached hydrogen (secondary N) is 1. The number of carbonyl (C=O) groups is 2. The summed E-state index contributed by atoms with van der Waals surface area (Å²) in [6.07, 6.45) is 2.64. The fourth-order valence-corrected chi connectivity index (χ4v) is 3.00. The van der Waals surface area contributed by atoms with Crippen molar-refractivity contribution in [3.63, 3.8) is 0 Å². The normalized spacial score (nSPS) is 22.7. The van der Waals surface area contributed by atoms with E-state index < -0.39 is 0 Å². The van der Waals surface area contributed by atoms with Gasteiger partial charge in [0.1, 0.15) is 0 Å². The average molecular weight is 321 g/mol. The molecule has 0 unspecified atom stereocenters. The van der Waals surface area contributed by atoms with Crippen molar-refractivity contribution < 1.29 is 18.7 Å². The molecule has 7 heteroatoms. The summed E-state index contributed by atoms with van der Waals surface area (Å²) in [4.78, 5) is 28.3. The molecule has 0 saturated carbocycles. The highest BCUT2D eigenvalue weighted by Gasteiger charge is 2.26. The van der Waals surface area contributed by atoms with Crippen molar-refractivity contribution in [2.24, 2.45) is 0 Å². The molecule has 0 spiro atoms. The molecule has 7 nitrogen and oxygen atoms in total.